The third-order valence-corrected chi connectivity index (χ3v) is 7.35. The van der Waals surface area contributed by atoms with Gasteiger partial charge in [0, 0.05) is 45.2 Å². The number of nitrogens with zero attached hydrogens (tertiary/aromatic N) is 4. The van der Waals surface area contributed by atoms with Crippen molar-refractivity contribution in [3.63, 3.8) is 0 Å². The standard InChI is InChI=1S/C25H33N5O5/c1-25(2,3)35-24(34)29-14-16-12-17(29)13-28(16)10-9-15-5-6-18-20(11-15)27(4)23(33)30(18)19-7-8-21(31)26-22(19)32/h5-6,11,16-17,19H,7-10,12-14H2,1-4H3,(H,26,31,32). The molecular weight excluding hydrogens is 450 g/mol. The van der Waals surface area contributed by atoms with Gasteiger partial charge in [-0.2, -0.15) is 0 Å². The number of fused-ring (bicyclic) bond motifs is 3. The van der Waals surface area contributed by atoms with Gasteiger partial charge in [-0.15, -0.1) is 0 Å². The lowest BCUT2D eigenvalue weighted by Gasteiger charge is -2.35. The van der Waals surface area contributed by atoms with Gasteiger partial charge < -0.3 is 9.64 Å². The summed E-state index contributed by atoms with van der Waals surface area (Å²) in [6, 6.07) is 5.78. The highest BCUT2D eigenvalue weighted by atomic mass is 16.6. The number of aromatic nitrogens is 2. The Kier molecular flexibility index (Phi) is 5.74. The smallest absolute Gasteiger partial charge is 0.410 e. The van der Waals surface area contributed by atoms with Gasteiger partial charge in [-0.05, 0) is 57.7 Å². The first-order valence-corrected chi connectivity index (χ1v) is 12.3. The molecule has 3 fully saturated rings. The van der Waals surface area contributed by atoms with Crippen LogP contribution in [0.25, 0.3) is 11.0 Å². The summed E-state index contributed by atoms with van der Waals surface area (Å²) < 4.78 is 8.63. The van der Waals surface area contributed by atoms with Crippen molar-refractivity contribution in [2.75, 3.05) is 19.6 Å². The van der Waals surface area contributed by atoms with Crippen LogP contribution >= 0.6 is 0 Å². The van der Waals surface area contributed by atoms with E-state index in [0.29, 0.717) is 24.5 Å². The Hall–Kier alpha value is -3.14. The quantitative estimate of drug-likeness (QED) is 0.662. The number of carbonyl (C=O) groups is 3. The van der Waals surface area contributed by atoms with Gasteiger partial charge in [-0.25, -0.2) is 9.59 Å². The molecule has 3 atom stereocenters. The lowest BCUT2D eigenvalue weighted by atomic mass is 10.1. The summed E-state index contributed by atoms with van der Waals surface area (Å²) in [5, 5.41) is 2.34. The van der Waals surface area contributed by atoms with Crippen LogP contribution in [0, 0.1) is 0 Å². The first kappa shape index (κ1) is 23.6. The number of piperidine rings is 1. The summed E-state index contributed by atoms with van der Waals surface area (Å²) in [5.74, 6) is -0.726. The SMILES string of the molecule is Cn1c(=O)n(C2CCC(=O)NC2=O)c2ccc(CCN3CC4CC3CN4C(=O)OC(C)(C)C)cc21. The first-order chi connectivity index (χ1) is 16.5. The largest absolute Gasteiger partial charge is 0.444 e. The van der Waals surface area contributed by atoms with Crippen molar-refractivity contribution in [3.05, 3.63) is 34.2 Å². The first-order valence-electron chi connectivity index (χ1n) is 12.3. The maximum absolute atomic E-state index is 13.0. The summed E-state index contributed by atoms with van der Waals surface area (Å²) in [6.07, 6.45) is 2.12. The van der Waals surface area contributed by atoms with Gasteiger partial charge in [-0.3, -0.25) is 28.9 Å². The molecule has 35 heavy (non-hydrogen) atoms. The van der Waals surface area contributed by atoms with Gasteiger partial charge in [0.1, 0.15) is 11.6 Å². The number of piperazine rings is 1. The molecular formula is C25H33N5O5. The van der Waals surface area contributed by atoms with Crippen LogP contribution in [0.2, 0.25) is 0 Å². The average Bonchev–Trinajstić information content (AvgIpc) is 3.44. The fourth-order valence-corrected chi connectivity index (χ4v) is 5.63. The zero-order chi connectivity index (χ0) is 25.1. The second kappa shape index (κ2) is 8.51. The molecule has 0 radical (unpaired) electrons. The predicted molar refractivity (Wildman–Crippen MR) is 129 cm³/mol. The van der Waals surface area contributed by atoms with Crippen LogP contribution in [0.15, 0.2) is 23.0 Å². The Morgan fingerprint density at radius 1 is 1.11 bits per heavy atom. The molecule has 10 heteroatoms. The van der Waals surface area contributed by atoms with Crippen molar-refractivity contribution >= 4 is 28.9 Å². The lowest BCUT2D eigenvalue weighted by Crippen LogP contribution is -2.50. The second-order valence-corrected chi connectivity index (χ2v) is 10.9. The number of imidazole rings is 1. The summed E-state index contributed by atoms with van der Waals surface area (Å²) in [7, 11) is 1.71. The molecule has 3 unspecified atom stereocenters. The molecule has 1 N–H and O–H groups in total. The molecule has 3 saturated heterocycles. The Labute approximate surface area is 203 Å². The minimum absolute atomic E-state index is 0.195. The van der Waals surface area contributed by atoms with Crippen molar-refractivity contribution in [2.24, 2.45) is 7.05 Å². The number of hydrogen-bond acceptors (Lipinski definition) is 6. The van der Waals surface area contributed by atoms with Gasteiger partial charge in [0.25, 0.3) is 0 Å². The predicted octanol–water partition coefficient (Wildman–Crippen LogP) is 1.55. The maximum atomic E-state index is 13.0. The normalized spacial score (nSPS) is 24.9. The number of carbonyl (C=O) groups excluding carboxylic acids is 3. The fourth-order valence-electron chi connectivity index (χ4n) is 5.63. The van der Waals surface area contributed by atoms with E-state index in [1.54, 1.807) is 11.6 Å². The lowest BCUT2D eigenvalue weighted by molar-refractivity contribution is -0.135. The molecule has 2 aromatic rings. The van der Waals surface area contributed by atoms with E-state index in [2.05, 4.69) is 10.2 Å². The molecule has 4 heterocycles. The molecule has 10 nitrogen and oxygen atoms in total. The molecule has 3 aliphatic heterocycles. The summed E-state index contributed by atoms with van der Waals surface area (Å²) in [5.41, 5.74) is 1.83. The number of nitrogens with one attached hydrogen (secondary N) is 1. The van der Waals surface area contributed by atoms with Crippen LogP contribution < -0.4 is 11.0 Å². The zero-order valence-corrected chi connectivity index (χ0v) is 20.7. The summed E-state index contributed by atoms with van der Waals surface area (Å²) in [4.78, 5) is 53.7. The number of imide groups is 1. The molecule has 1 aromatic carbocycles. The van der Waals surface area contributed by atoms with Gasteiger partial charge >= 0.3 is 11.8 Å². The molecule has 0 aliphatic carbocycles. The van der Waals surface area contributed by atoms with E-state index in [0.717, 1.165) is 37.0 Å². The molecule has 3 aliphatic rings. The van der Waals surface area contributed by atoms with Crippen molar-refractivity contribution in [2.45, 2.75) is 70.2 Å². The zero-order valence-electron chi connectivity index (χ0n) is 20.7. The van der Waals surface area contributed by atoms with Crippen molar-refractivity contribution in [1.29, 1.82) is 0 Å². The molecule has 2 bridgehead atoms. The number of aryl methyl sites for hydroxylation is 1. The Bertz CT molecular complexity index is 1260. The monoisotopic (exact) mass is 483 g/mol. The number of likely N-dealkylation sites (tertiary alicyclic amines) is 2. The number of hydrogen-bond donors (Lipinski definition) is 1. The molecule has 5 rings (SSSR count). The Morgan fingerprint density at radius 3 is 2.54 bits per heavy atom. The van der Waals surface area contributed by atoms with Crippen LogP contribution in [-0.2, 0) is 27.8 Å². The third-order valence-electron chi connectivity index (χ3n) is 7.35. The van der Waals surface area contributed by atoms with E-state index in [-0.39, 0.29) is 30.2 Å². The number of ether oxygens (including phenoxy) is 1. The van der Waals surface area contributed by atoms with Crippen molar-refractivity contribution < 1.29 is 19.1 Å². The van der Waals surface area contributed by atoms with E-state index < -0.39 is 17.6 Å². The Morgan fingerprint density at radius 2 is 1.89 bits per heavy atom. The molecule has 1 aromatic heterocycles. The van der Waals surface area contributed by atoms with Crippen LogP contribution in [0.4, 0.5) is 4.79 Å². The van der Waals surface area contributed by atoms with Crippen molar-refractivity contribution in [3.8, 4) is 0 Å². The molecule has 3 amide bonds. The van der Waals surface area contributed by atoms with E-state index in [9.17, 15) is 19.2 Å². The van der Waals surface area contributed by atoms with Crippen LogP contribution in [0.3, 0.4) is 0 Å². The minimum Gasteiger partial charge on any atom is -0.444 e. The third kappa shape index (κ3) is 4.35. The molecule has 0 spiro atoms. The highest BCUT2D eigenvalue weighted by Crippen LogP contribution is 2.32. The average molecular weight is 484 g/mol. The van der Waals surface area contributed by atoms with Gasteiger partial charge in [0.05, 0.1) is 11.0 Å². The van der Waals surface area contributed by atoms with Crippen LogP contribution in [0.5, 0.6) is 0 Å². The minimum atomic E-state index is -0.678. The van der Waals surface area contributed by atoms with E-state index in [1.165, 1.54) is 4.57 Å². The maximum Gasteiger partial charge on any atom is 0.410 e. The van der Waals surface area contributed by atoms with E-state index in [4.69, 9.17) is 4.74 Å². The number of amides is 3. The van der Waals surface area contributed by atoms with Gasteiger partial charge in [0.15, 0.2) is 0 Å². The second-order valence-electron chi connectivity index (χ2n) is 10.9. The fraction of sp³-hybridized carbons (Fsp3) is 0.600. The highest BCUT2D eigenvalue weighted by molar-refractivity contribution is 6.00. The number of benzene rings is 1. The van der Waals surface area contributed by atoms with E-state index >= 15 is 0 Å². The number of rotatable bonds is 4. The van der Waals surface area contributed by atoms with Crippen LogP contribution in [0.1, 0.15) is 51.6 Å². The van der Waals surface area contributed by atoms with Gasteiger partial charge in [0.2, 0.25) is 11.8 Å². The Balaban J connectivity index is 1.26. The van der Waals surface area contributed by atoms with E-state index in [1.807, 2.05) is 43.9 Å². The summed E-state index contributed by atoms with van der Waals surface area (Å²) in [6.45, 7) is 8.07. The molecule has 0 saturated carbocycles. The highest BCUT2D eigenvalue weighted by Gasteiger charge is 2.46. The van der Waals surface area contributed by atoms with Crippen molar-refractivity contribution in [1.82, 2.24) is 24.3 Å². The summed E-state index contributed by atoms with van der Waals surface area (Å²) >= 11 is 0. The topological polar surface area (TPSA) is 106 Å². The molecule has 188 valence electrons. The van der Waals surface area contributed by atoms with Crippen LogP contribution in [-0.4, -0.2) is 74.2 Å². The van der Waals surface area contributed by atoms with Gasteiger partial charge in [-0.1, -0.05) is 6.07 Å².